The summed E-state index contributed by atoms with van der Waals surface area (Å²) >= 11 is 8.30. The van der Waals surface area contributed by atoms with E-state index in [1.807, 2.05) is 48.7 Å². The van der Waals surface area contributed by atoms with Crippen molar-refractivity contribution in [3.05, 3.63) is 114 Å². The molecule has 70 heavy (non-hydrogen) atoms. The first-order chi connectivity index (χ1) is 34.0. The number of carbonyl (C=O) groups is 2. The number of hydrogen-bond acceptors (Lipinski definition) is 14. The first-order valence-electron chi connectivity index (χ1n) is 23.6. The fraction of sp³-hybridized carbons (Fsp3) is 0.392. The van der Waals surface area contributed by atoms with Crippen molar-refractivity contribution < 1.29 is 27.9 Å². The Morgan fingerprint density at radius 3 is 2.34 bits per heavy atom. The molecule has 2 aliphatic rings. The van der Waals surface area contributed by atoms with Gasteiger partial charge in [0.15, 0.2) is 5.82 Å². The molecule has 16 nitrogen and oxygen atoms in total. The number of rotatable bonds is 19. The molecule has 3 aromatic heterocycles. The van der Waals surface area contributed by atoms with Gasteiger partial charge in [-0.15, -0.1) is 11.8 Å². The number of sulfonamides is 1. The summed E-state index contributed by atoms with van der Waals surface area (Å²) in [6.07, 6.45) is 11.8. The SMILES string of the molecule is CO.COC1CCN(S(=O)(=O)c2cc(CCCCCN3CCN(c4ccc(Nc5ncc(Cl)c(Nc6ccccc6SC(C)C)n5)cc4)CC3)ccc2-c2ccn3ncc(CC=O)c3c2)CC1.NC=O. The smallest absolute Gasteiger partial charge is 0.243 e. The number of carbonyl (C=O) groups excluding carboxylic acids is 2. The number of amides is 1. The van der Waals surface area contributed by atoms with E-state index in [2.05, 4.69) is 91.5 Å². The average molecular weight is 1010 g/mol. The number of piperidine rings is 1. The maximum Gasteiger partial charge on any atom is 0.243 e. The number of thioether (sulfide) groups is 1. The molecular formula is C51H65ClN10O6S2. The summed E-state index contributed by atoms with van der Waals surface area (Å²) in [5.41, 5.74) is 11.2. The predicted molar refractivity (Wildman–Crippen MR) is 281 cm³/mol. The number of aliphatic hydroxyl groups is 1. The van der Waals surface area contributed by atoms with Crippen molar-refractivity contribution in [3.63, 3.8) is 0 Å². The zero-order chi connectivity index (χ0) is 50.0. The number of aromatic nitrogens is 4. The number of aldehydes is 1. The van der Waals surface area contributed by atoms with Crippen LogP contribution in [0, 0.1) is 0 Å². The van der Waals surface area contributed by atoms with Crippen molar-refractivity contribution in [2.75, 3.05) is 75.6 Å². The highest BCUT2D eigenvalue weighted by Crippen LogP contribution is 2.36. The van der Waals surface area contributed by atoms with Gasteiger partial charge in [0.2, 0.25) is 22.4 Å². The normalized spacial score (nSPS) is 14.6. The highest BCUT2D eigenvalue weighted by Gasteiger charge is 2.32. The average Bonchev–Trinajstić information content (AvgIpc) is 3.78. The van der Waals surface area contributed by atoms with Gasteiger partial charge in [0.05, 0.1) is 34.6 Å². The van der Waals surface area contributed by atoms with Crippen LogP contribution in [0.2, 0.25) is 5.02 Å². The lowest BCUT2D eigenvalue weighted by Gasteiger charge is -2.36. The van der Waals surface area contributed by atoms with Gasteiger partial charge in [0.1, 0.15) is 11.3 Å². The predicted octanol–water partition coefficient (Wildman–Crippen LogP) is 8.22. The summed E-state index contributed by atoms with van der Waals surface area (Å²) < 4.78 is 37.6. The van der Waals surface area contributed by atoms with E-state index in [-0.39, 0.29) is 18.9 Å². The van der Waals surface area contributed by atoms with Crippen molar-refractivity contribution in [2.24, 2.45) is 5.73 Å². The second kappa shape index (κ2) is 26.6. The van der Waals surface area contributed by atoms with Crippen LogP contribution in [0.5, 0.6) is 0 Å². The summed E-state index contributed by atoms with van der Waals surface area (Å²) in [6, 6.07) is 26.3. The minimum Gasteiger partial charge on any atom is -0.400 e. The Hall–Kier alpha value is -5.60. The number of methoxy groups -OCH3 is 1. The number of halogens is 1. The Morgan fingerprint density at radius 1 is 0.914 bits per heavy atom. The number of fused-ring (bicyclic) bond motifs is 1. The van der Waals surface area contributed by atoms with Gasteiger partial charge in [-0.2, -0.15) is 14.4 Å². The summed E-state index contributed by atoms with van der Waals surface area (Å²) in [5.74, 6) is 1.01. The van der Waals surface area contributed by atoms with Gasteiger partial charge in [-0.25, -0.2) is 17.9 Å². The van der Waals surface area contributed by atoms with Crippen LogP contribution >= 0.6 is 23.4 Å². The zero-order valence-corrected chi connectivity index (χ0v) is 42.7. The van der Waals surface area contributed by atoms with Crippen LogP contribution in [0.1, 0.15) is 57.1 Å². The Bertz CT molecular complexity index is 2730. The van der Waals surface area contributed by atoms with Crippen LogP contribution in [0.3, 0.4) is 0 Å². The standard InChI is InChI=1S/C49H58ClN9O4S2.CH3NO.CH4O/c1-35(2)64-46-11-7-6-10-44(46)54-48-43(50)34-51-49(55-48)53-39-13-15-40(16-14-39)57-28-26-56(27-29-57)22-8-4-5-9-36-12-17-42(37-18-25-59-45(32-37)38(21-30-60)33-52-59)47(31-36)65(61,62)58-23-19-41(63-3)20-24-58;2-1-3;1-2/h6-7,10-18,25,30-35,41H,4-5,8-9,19-24,26-29H2,1-3H3,(H2,51,53,54,55);1H,(H2,2,3);2H,1H3. The minimum absolute atomic E-state index is 0.0667. The molecule has 0 atom stereocenters. The molecule has 0 spiro atoms. The van der Waals surface area contributed by atoms with Crippen LogP contribution in [0.25, 0.3) is 16.6 Å². The number of anilines is 5. The van der Waals surface area contributed by atoms with Crippen molar-refractivity contribution in [1.29, 1.82) is 0 Å². The first kappa shape index (κ1) is 53.7. The van der Waals surface area contributed by atoms with E-state index in [1.54, 1.807) is 40.1 Å². The minimum atomic E-state index is -3.79. The highest BCUT2D eigenvalue weighted by molar-refractivity contribution is 8.00. The third-order valence-electron chi connectivity index (χ3n) is 12.2. The molecule has 0 radical (unpaired) electrons. The summed E-state index contributed by atoms with van der Waals surface area (Å²) in [7, 11) is -1.10. The van der Waals surface area contributed by atoms with Gasteiger partial charge >= 0.3 is 0 Å². The molecule has 2 aliphatic heterocycles. The van der Waals surface area contributed by atoms with E-state index in [9.17, 15) is 13.2 Å². The van der Waals surface area contributed by atoms with Crippen molar-refractivity contribution in [1.82, 2.24) is 28.8 Å². The number of para-hydroxylation sites is 1. The van der Waals surface area contributed by atoms with E-state index in [0.29, 0.717) is 58.4 Å². The van der Waals surface area contributed by atoms with E-state index in [1.165, 1.54) is 5.69 Å². The lowest BCUT2D eigenvalue weighted by Crippen LogP contribution is -2.46. The van der Waals surface area contributed by atoms with E-state index in [4.69, 9.17) is 26.2 Å². The maximum atomic E-state index is 14.4. The summed E-state index contributed by atoms with van der Waals surface area (Å²) in [6.45, 7) is 10.1. The van der Waals surface area contributed by atoms with Crippen molar-refractivity contribution in [3.8, 4) is 11.1 Å². The Morgan fingerprint density at radius 2 is 1.64 bits per heavy atom. The van der Waals surface area contributed by atoms with Gasteiger partial charge in [-0.05, 0) is 104 Å². The molecule has 2 saturated heterocycles. The van der Waals surface area contributed by atoms with Gasteiger partial charge < -0.3 is 35.9 Å². The van der Waals surface area contributed by atoms with E-state index >= 15 is 0 Å². The number of aryl methyl sites for hydroxylation is 1. The van der Waals surface area contributed by atoms with Gasteiger partial charge in [0.25, 0.3) is 0 Å². The topological polar surface area (TPSA) is 201 Å². The number of nitrogens with one attached hydrogen (secondary N) is 2. The highest BCUT2D eigenvalue weighted by atomic mass is 35.5. The number of pyridine rings is 1. The molecule has 3 aromatic carbocycles. The number of aliphatic hydroxyl groups excluding tert-OH is 1. The molecule has 8 rings (SSSR count). The second-order valence-electron chi connectivity index (χ2n) is 17.1. The van der Waals surface area contributed by atoms with Crippen molar-refractivity contribution in [2.45, 2.75) is 79.9 Å². The lowest BCUT2D eigenvalue weighted by atomic mass is 10.0. The number of nitrogens with two attached hydrogens (primary N) is 1. The molecule has 5 N–H and O–H groups in total. The van der Waals surface area contributed by atoms with E-state index in [0.717, 1.165) is 110 Å². The third kappa shape index (κ3) is 14.3. The molecule has 2 fully saturated rings. The molecule has 0 saturated carbocycles. The number of piperazine rings is 1. The molecule has 0 unspecified atom stereocenters. The third-order valence-corrected chi connectivity index (χ3v) is 15.5. The zero-order valence-electron chi connectivity index (χ0n) is 40.3. The number of primary amides is 1. The fourth-order valence-corrected chi connectivity index (χ4v) is 11.4. The largest absolute Gasteiger partial charge is 0.400 e. The quantitative estimate of drug-likeness (QED) is 0.0344. The van der Waals surface area contributed by atoms with Gasteiger partial charge in [-0.3, -0.25) is 9.69 Å². The number of hydrogen-bond donors (Lipinski definition) is 4. The maximum absolute atomic E-state index is 14.4. The number of ether oxygens (including phenoxy) is 1. The van der Waals surface area contributed by atoms with Crippen LogP contribution in [-0.4, -0.2) is 126 Å². The molecular weight excluding hydrogens is 948 g/mol. The number of unbranched alkanes of at least 4 members (excludes halogenated alkanes) is 2. The van der Waals surface area contributed by atoms with Crippen LogP contribution in [0.4, 0.5) is 28.8 Å². The van der Waals surface area contributed by atoms with Crippen LogP contribution in [-0.2, 0) is 37.2 Å². The van der Waals surface area contributed by atoms with Gasteiger partial charge in [0, 0.05) is 98.8 Å². The molecule has 5 heterocycles. The Labute approximate surface area is 421 Å². The Balaban J connectivity index is 0.00000155. The lowest BCUT2D eigenvalue weighted by molar-refractivity contribution is -0.107. The summed E-state index contributed by atoms with van der Waals surface area (Å²) in [5, 5.41) is 19.0. The molecule has 0 bridgehead atoms. The first-order valence-corrected chi connectivity index (χ1v) is 26.2. The summed E-state index contributed by atoms with van der Waals surface area (Å²) in [4.78, 5) is 35.5. The van der Waals surface area contributed by atoms with Crippen LogP contribution in [0.15, 0.2) is 107 Å². The number of benzene rings is 3. The monoisotopic (exact) mass is 1010 g/mol. The van der Waals surface area contributed by atoms with Crippen LogP contribution < -0.4 is 21.3 Å². The molecule has 0 aliphatic carbocycles. The molecule has 1 amide bonds. The van der Waals surface area contributed by atoms with Crippen molar-refractivity contribution >= 4 is 80.4 Å². The van der Waals surface area contributed by atoms with E-state index < -0.39 is 10.0 Å². The Kier molecular flexibility index (Phi) is 20.4. The molecule has 374 valence electrons. The molecule has 6 aromatic rings. The second-order valence-corrected chi connectivity index (χ2v) is 21.0. The van der Waals surface area contributed by atoms with Gasteiger partial charge in [-0.1, -0.05) is 56.1 Å². The number of nitrogens with zero attached hydrogens (tertiary/aromatic N) is 7. The molecule has 19 heteroatoms. The fourth-order valence-electron chi connectivity index (χ4n) is 8.59.